The first-order valence-corrected chi connectivity index (χ1v) is 12.2. The van der Waals surface area contributed by atoms with Gasteiger partial charge in [0.05, 0.1) is 0 Å². The van der Waals surface area contributed by atoms with E-state index in [0.29, 0.717) is 35.0 Å². The number of aryl methyl sites for hydroxylation is 2. The molecule has 5 nitrogen and oxygen atoms in total. The monoisotopic (exact) mass is 476 g/mol. The standard InChI is InChI=1S/C29H26B2O5/c1-30(34)24-10-2-18(3-11-24)14-22-8-6-20-16-21-7-9-23(29(33)27(21)17-26(20)28(22)32)15-19-4-12-25(13-5-19)31(35)36/h2-5,10-17,34-36H,6-9H2,1H3/b22-14+,23-15+. The first kappa shape index (κ1) is 24.2. The Labute approximate surface area is 211 Å². The summed E-state index contributed by atoms with van der Waals surface area (Å²) in [5.74, 6) is -0.108. The highest BCUT2D eigenvalue weighted by Crippen LogP contribution is 2.34. The highest BCUT2D eigenvalue weighted by Gasteiger charge is 2.28. The maximum Gasteiger partial charge on any atom is 0.488 e. The number of rotatable bonds is 4. The fourth-order valence-electron chi connectivity index (χ4n) is 4.96. The van der Waals surface area contributed by atoms with E-state index >= 15 is 0 Å². The summed E-state index contributed by atoms with van der Waals surface area (Å²) in [6.07, 6.45) is 6.50. The highest BCUT2D eigenvalue weighted by molar-refractivity contribution is 6.64. The number of ketones is 2. The van der Waals surface area contributed by atoms with Crippen LogP contribution in [0.4, 0.5) is 0 Å². The molecule has 0 radical (unpaired) electrons. The van der Waals surface area contributed by atoms with Crippen LogP contribution in [-0.4, -0.2) is 40.7 Å². The smallest absolute Gasteiger partial charge is 0.447 e. The molecule has 5 rings (SSSR count). The Bertz CT molecular complexity index is 1300. The van der Waals surface area contributed by atoms with Gasteiger partial charge in [0.25, 0.3) is 0 Å². The van der Waals surface area contributed by atoms with Crippen LogP contribution in [0.1, 0.15) is 55.8 Å². The quantitative estimate of drug-likeness (QED) is 0.398. The molecule has 3 aromatic carbocycles. The maximum absolute atomic E-state index is 13.4. The molecule has 0 unspecified atom stereocenters. The van der Waals surface area contributed by atoms with E-state index in [4.69, 9.17) is 0 Å². The molecule has 3 aromatic rings. The van der Waals surface area contributed by atoms with Gasteiger partial charge >= 0.3 is 14.0 Å². The average Bonchev–Trinajstić information content (AvgIpc) is 2.87. The predicted octanol–water partition coefficient (Wildman–Crippen LogP) is 2.61. The summed E-state index contributed by atoms with van der Waals surface area (Å²) in [7, 11) is -1.53. The lowest BCUT2D eigenvalue weighted by molar-refractivity contribution is 0.102. The number of carbonyl (C=O) groups excluding carboxylic acids is 2. The van der Waals surface area contributed by atoms with Crippen molar-refractivity contribution in [2.45, 2.75) is 32.5 Å². The number of carbonyl (C=O) groups is 2. The van der Waals surface area contributed by atoms with E-state index in [2.05, 4.69) is 0 Å². The molecule has 0 saturated heterocycles. The number of allylic oxidation sites excluding steroid dienone is 2. The van der Waals surface area contributed by atoms with Gasteiger partial charge < -0.3 is 15.1 Å². The largest absolute Gasteiger partial charge is 0.488 e. The van der Waals surface area contributed by atoms with E-state index in [-0.39, 0.29) is 11.6 Å². The van der Waals surface area contributed by atoms with Gasteiger partial charge in [-0.05, 0) is 77.1 Å². The molecule has 0 amide bonds. The zero-order valence-electron chi connectivity index (χ0n) is 20.1. The molecule has 36 heavy (non-hydrogen) atoms. The van der Waals surface area contributed by atoms with E-state index in [1.54, 1.807) is 37.2 Å². The van der Waals surface area contributed by atoms with Gasteiger partial charge in [-0.3, -0.25) is 9.59 Å². The lowest BCUT2D eigenvalue weighted by atomic mass is 9.64. The van der Waals surface area contributed by atoms with Crippen molar-refractivity contribution >= 4 is 48.7 Å². The first-order chi connectivity index (χ1) is 17.3. The van der Waals surface area contributed by atoms with Crippen LogP contribution in [0.2, 0.25) is 6.82 Å². The molecule has 0 fully saturated rings. The van der Waals surface area contributed by atoms with Crippen LogP contribution in [-0.2, 0) is 12.8 Å². The van der Waals surface area contributed by atoms with Crippen LogP contribution >= 0.6 is 0 Å². The number of hydrogen-bond acceptors (Lipinski definition) is 5. The Morgan fingerprint density at radius 1 is 0.639 bits per heavy atom. The molecular weight excluding hydrogens is 450 g/mol. The van der Waals surface area contributed by atoms with Crippen LogP contribution in [0.5, 0.6) is 0 Å². The van der Waals surface area contributed by atoms with Gasteiger partial charge in [-0.1, -0.05) is 61.4 Å². The van der Waals surface area contributed by atoms with Gasteiger partial charge in [0, 0.05) is 22.3 Å². The second-order valence-electron chi connectivity index (χ2n) is 9.55. The molecule has 0 heterocycles. The van der Waals surface area contributed by atoms with Gasteiger partial charge in [-0.25, -0.2) is 0 Å². The van der Waals surface area contributed by atoms with Crippen LogP contribution in [0, 0.1) is 0 Å². The maximum atomic E-state index is 13.4. The third-order valence-corrected chi connectivity index (χ3v) is 7.06. The van der Waals surface area contributed by atoms with E-state index in [1.807, 2.05) is 42.5 Å². The minimum absolute atomic E-state index is 0.0410. The molecule has 0 aliphatic heterocycles. The van der Waals surface area contributed by atoms with E-state index in [9.17, 15) is 24.7 Å². The van der Waals surface area contributed by atoms with Crippen molar-refractivity contribution in [1.29, 1.82) is 0 Å². The topological polar surface area (TPSA) is 94.8 Å². The first-order valence-electron chi connectivity index (χ1n) is 12.2. The third-order valence-electron chi connectivity index (χ3n) is 7.06. The van der Waals surface area contributed by atoms with Gasteiger partial charge in [0.2, 0.25) is 0 Å². The summed E-state index contributed by atoms with van der Waals surface area (Å²) in [6, 6.07) is 18.1. The van der Waals surface area contributed by atoms with Crippen molar-refractivity contribution in [3.05, 3.63) is 105 Å². The summed E-state index contributed by atoms with van der Waals surface area (Å²) >= 11 is 0. The molecule has 7 heteroatoms. The summed E-state index contributed by atoms with van der Waals surface area (Å²) < 4.78 is 0. The zero-order valence-corrected chi connectivity index (χ0v) is 20.1. The molecule has 3 N–H and O–H groups in total. The molecule has 0 saturated carbocycles. The molecule has 0 bridgehead atoms. The molecule has 0 aromatic heterocycles. The summed E-state index contributed by atoms with van der Waals surface area (Å²) in [6.45, 7) is 1.18. The molecule has 2 aliphatic rings. The number of hydrogen-bond donors (Lipinski definition) is 3. The highest BCUT2D eigenvalue weighted by atomic mass is 16.4. The summed E-state index contributed by atoms with van der Waals surface area (Å²) in [5.41, 5.74) is 7.51. The molecule has 0 atom stereocenters. The number of benzene rings is 3. The van der Waals surface area contributed by atoms with Crippen molar-refractivity contribution < 1.29 is 24.7 Å². The van der Waals surface area contributed by atoms with Gasteiger partial charge in [0.1, 0.15) is 0 Å². The normalized spacial score (nSPS) is 17.2. The van der Waals surface area contributed by atoms with Crippen molar-refractivity contribution in [3.63, 3.8) is 0 Å². The Morgan fingerprint density at radius 2 is 1.08 bits per heavy atom. The Kier molecular flexibility index (Phi) is 6.63. The predicted molar refractivity (Wildman–Crippen MR) is 144 cm³/mol. The Morgan fingerprint density at radius 3 is 1.50 bits per heavy atom. The van der Waals surface area contributed by atoms with E-state index in [1.165, 1.54) is 0 Å². The fourth-order valence-corrected chi connectivity index (χ4v) is 4.96. The van der Waals surface area contributed by atoms with Crippen LogP contribution in [0.15, 0.2) is 71.8 Å². The second kappa shape index (κ2) is 9.86. The number of fused-ring (bicyclic) bond motifs is 2. The minimum atomic E-state index is -1.53. The van der Waals surface area contributed by atoms with Crippen molar-refractivity contribution in [1.82, 2.24) is 0 Å². The van der Waals surface area contributed by atoms with Crippen molar-refractivity contribution in [2.24, 2.45) is 0 Å². The van der Waals surface area contributed by atoms with E-state index in [0.717, 1.165) is 46.1 Å². The van der Waals surface area contributed by atoms with Crippen LogP contribution in [0.25, 0.3) is 12.2 Å². The average molecular weight is 476 g/mol. The Hall–Kier alpha value is -3.51. The van der Waals surface area contributed by atoms with Crippen molar-refractivity contribution in [3.8, 4) is 0 Å². The number of Topliss-reactive ketones (excluding diaryl/α,β-unsaturated/α-hetero) is 2. The fraction of sp³-hybridized carbons (Fsp3) is 0.172. The van der Waals surface area contributed by atoms with Crippen LogP contribution < -0.4 is 10.9 Å². The molecule has 0 spiro atoms. The summed E-state index contributed by atoms with van der Waals surface area (Å²) in [4.78, 5) is 26.7. The molecule has 178 valence electrons. The Balaban J connectivity index is 1.42. The van der Waals surface area contributed by atoms with E-state index < -0.39 is 14.0 Å². The lowest BCUT2D eigenvalue weighted by Gasteiger charge is -2.24. The van der Waals surface area contributed by atoms with Gasteiger partial charge in [-0.15, -0.1) is 0 Å². The molecular formula is C29H26B2O5. The molecule has 2 aliphatic carbocycles. The second-order valence-corrected chi connectivity index (χ2v) is 9.55. The lowest BCUT2D eigenvalue weighted by Crippen LogP contribution is -2.29. The van der Waals surface area contributed by atoms with Crippen LogP contribution in [0.3, 0.4) is 0 Å². The summed E-state index contributed by atoms with van der Waals surface area (Å²) in [5, 5.41) is 28.3. The SMILES string of the molecule is CB(O)c1ccc(/C=C2\CCc3cc4c(cc3C2=O)C(=O)/C(=C/c2ccc(B(O)O)cc2)CC4)cc1. The zero-order chi connectivity index (χ0) is 25.4. The van der Waals surface area contributed by atoms with Gasteiger partial charge in [0.15, 0.2) is 11.6 Å². The third kappa shape index (κ3) is 4.78. The van der Waals surface area contributed by atoms with Crippen molar-refractivity contribution in [2.75, 3.05) is 0 Å². The van der Waals surface area contributed by atoms with Gasteiger partial charge in [-0.2, -0.15) is 0 Å². The minimum Gasteiger partial charge on any atom is -0.447 e.